The predicted molar refractivity (Wildman–Crippen MR) is 109 cm³/mol. The van der Waals surface area contributed by atoms with E-state index in [9.17, 15) is 13.2 Å². The second-order valence-electron chi connectivity index (χ2n) is 6.17. The first-order chi connectivity index (χ1) is 13.8. The maximum atomic E-state index is 12.9. The normalized spacial score (nSPS) is 12.2. The highest BCUT2D eigenvalue weighted by Gasteiger charge is 2.23. The molecule has 0 aliphatic heterocycles. The van der Waals surface area contributed by atoms with Crippen LogP contribution in [0.3, 0.4) is 0 Å². The van der Waals surface area contributed by atoms with Gasteiger partial charge in [0.25, 0.3) is 5.91 Å². The molecule has 2 rings (SSSR count). The quantitative estimate of drug-likeness (QED) is 0.644. The van der Waals surface area contributed by atoms with E-state index in [-0.39, 0.29) is 16.2 Å². The first-order valence-corrected chi connectivity index (χ1v) is 10.5. The molecule has 0 heterocycles. The van der Waals surface area contributed by atoms with Crippen LogP contribution in [0.2, 0.25) is 0 Å². The second kappa shape index (κ2) is 9.62. The van der Waals surface area contributed by atoms with Crippen molar-refractivity contribution in [1.29, 1.82) is 0 Å². The van der Waals surface area contributed by atoms with Crippen molar-refractivity contribution in [2.45, 2.75) is 24.8 Å². The zero-order valence-corrected chi connectivity index (χ0v) is 17.9. The molecule has 0 aliphatic rings. The van der Waals surface area contributed by atoms with Gasteiger partial charge in [0.2, 0.25) is 10.0 Å². The van der Waals surface area contributed by atoms with E-state index in [1.54, 1.807) is 32.0 Å². The lowest BCUT2D eigenvalue weighted by atomic mass is 10.1. The fourth-order valence-corrected chi connectivity index (χ4v) is 4.08. The van der Waals surface area contributed by atoms with E-state index in [1.165, 1.54) is 39.5 Å². The van der Waals surface area contributed by atoms with Crippen LogP contribution in [-0.4, -0.2) is 42.2 Å². The van der Waals surface area contributed by atoms with Crippen LogP contribution in [-0.2, 0) is 10.0 Å². The summed E-state index contributed by atoms with van der Waals surface area (Å²) < 4.78 is 44.2. The van der Waals surface area contributed by atoms with Crippen molar-refractivity contribution < 1.29 is 27.4 Å². The molecule has 2 aromatic carbocycles. The van der Waals surface area contributed by atoms with E-state index in [1.807, 2.05) is 0 Å². The second-order valence-corrected chi connectivity index (χ2v) is 7.89. The summed E-state index contributed by atoms with van der Waals surface area (Å²) in [6.45, 7) is 3.88. The summed E-state index contributed by atoms with van der Waals surface area (Å²) in [5, 5.41) is 2.64. The van der Waals surface area contributed by atoms with Gasteiger partial charge in [-0.15, -0.1) is 0 Å². The Bertz CT molecular complexity index is 975. The van der Waals surface area contributed by atoms with Crippen molar-refractivity contribution in [2.75, 3.05) is 27.9 Å². The van der Waals surface area contributed by atoms with Crippen LogP contribution in [0.1, 0.15) is 35.8 Å². The summed E-state index contributed by atoms with van der Waals surface area (Å²) in [4.78, 5) is 12.2. The van der Waals surface area contributed by atoms with Gasteiger partial charge < -0.3 is 19.5 Å². The van der Waals surface area contributed by atoms with Gasteiger partial charge >= 0.3 is 0 Å². The summed E-state index contributed by atoms with van der Waals surface area (Å²) in [6.07, 6.45) is 0. The highest BCUT2D eigenvalue weighted by atomic mass is 32.2. The Morgan fingerprint density at radius 3 is 2.24 bits per heavy atom. The lowest BCUT2D eigenvalue weighted by Gasteiger charge is -2.19. The number of nitrogens with one attached hydrogen (secondary N) is 2. The zero-order chi connectivity index (χ0) is 21.6. The first kappa shape index (κ1) is 22.5. The van der Waals surface area contributed by atoms with Crippen LogP contribution in [0.5, 0.6) is 17.2 Å². The Kier molecular flexibility index (Phi) is 7.46. The number of carbonyl (C=O) groups is 1. The molecule has 1 amide bonds. The zero-order valence-electron chi connectivity index (χ0n) is 17.1. The molecule has 158 valence electrons. The Balaban J connectivity index is 2.39. The van der Waals surface area contributed by atoms with Gasteiger partial charge in [0.1, 0.15) is 17.2 Å². The molecule has 0 bridgehead atoms. The van der Waals surface area contributed by atoms with Crippen molar-refractivity contribution in [2.24, 2.45) is 0 Å². The molecule has 0 saturated heterocycles. The van der Waals surface area contributed by atoms with Gasteiger partial charge in [-0.25, -0.2) is 13.1 Å². The molecule has 2 N–H and O–H groups in total. The van der Waals surface area contributed by atoms with Gasteiger partial charge in [-0.05, 0) is 50.2 Å². The molecule has 0 unspecified atom stereocenters. The average Bonchev–Trinajstić information content (AvgIpc) is 2.72. The van der Waals surface area contributed by atoms with E-state index in [4.69, 9.17) is 14.2 Å². The number of hydrogen-bond acceptors (Lipinski definition) is 6. The van der Waals surface area contributed by atoms with Crippen LogP contribution in [0.4, 0.5) is 0 Å². The molecule has 0 saturated carbocycles. The summed E-state index contributed by atoms with van der Waals surface area (Å²) in [5.74, 6) is 0.981. The SMILES string of the molecule is CCNC(=O)c1cc(S(=O)(=O)N[C@@H](C)c2cc(OC)ccc2OC)ccc1OC. The fraction of sp³-hybridized carbons (Fsp3) is 0.350. The van der Waals surface area contributed by atoms with Crippen LogP contribution >= 0.6 is 0 Å². The Labute approximate surface area is 171 Å². The Morgan fingerprint density at radius 1 is 1.00 bits per heavy atom. The van der Waals surface area contributed by atoms with Crippen molar-refractivity contribution in [1.82, 2.24) is 10.0 Å². The predicted octanol–water partition coefficient (Wildman–Crippen LogP) is 2.50. The van der Waals surface area contributed by atoms with Crippen LogP contribution in [0.25, 0.3) is 0 Å². The molecule has 0 fully saturated rings. The third-order valence-corrected chi connectivity index (χ3v) is 5.84. The number of rotatable bonds is 9. The molecule has 8 nitrogen and oxygen atoms in total. The lowest BCUT2D eigenvalue weighted by molar-refractivity contribution is 0.0952. The lowest BCUT2D eigenvalue weighted by Crippen LogP contribution is -2.28. The maximum Gasteiger partial charge on any atom is 0.255 e. The molecule has 29 heavy (non-hydrogen) atoms. The Morgan fingerprint density at radius 2 is 1.66 bits per heavy atom. The molecule has 0 spiro atoms. The molecule has 1 atom stereocenters. The molecular formula is C20H26N2O6S. The monoisotopic (exact) mass is 422 g/mol. The summed E-state index contributed by atoms with van der Waals surface area (Å²) in [6, 6.07) is 8.67. The van der Waals surface area contributed by atoms with Gasteiger partial charge in [-0.2, -0.15) is 0 Å². The van der Waals surface area contributed by atoms with Gasteiger partial charge in [-0.1, -0.05) is 0 Å². The maximum absolute atomic E-state index is 12.9. The van der Waals surface area contributed by atoms with E-state index in [0.717, 1.165) is 0 Å². The highest BCUT2D eigenvalue weighted by Crippen LogP contribution is 2.30. The van der Waals surface area contributed by atoms with E-state index in [2.05, 4.69) is 10.0 Å². The molecule has 9 heteroatoms. The molecule has 0 aromatic heterocycles. The molecular weight excluding hydrogens is 396 g/mol. The van der Waals surface area contributed by atoms with Crippen LogP contribution in [0, 0.1) is 0 Å². The van der Waals surface area contributed by atoms with Gasteiger partial charge in [-0.3, -0.25) is 4.79 Å². The minimum absolute atomic E-state index is 0.0479. The molecule has 0 aliphatic carbocycles. The number of sulfonamides is 1. The van der Waals surface area contributed by atoms with Crippen molar-refractivity contribution in [3.05, 3.63) is 47.5 Å². The summed E-state index contributed by atoms with van der Waals surface area (Å²) in [5.41, 5.74) is 0.761. The standard InChI is InChI=1S/C20H26N2O6S/c1-6-21-20(23)17-12-15(8-10-19(17)28-5)29(24,25)22-13(2)16-11-14(26-3)7-9-18(16)27-4/h7-13,22H,6H2,1-5H3,(H,21,23)/t13-/m0/s1. The van der Waals surface area contributed by atoms with Gasteiger partial charge in [0.15, 0.2) is 0 Å². The van der Waals surface area contributed by atoms with E-state index >= 15 is 0 Å². The van der Waals surface area contributed by atoms with Crippen LogP contribution in [0.15, 0.2) is 41.3 Å². The molecule has 2 aromatic rings. The number of benzene rings is 2. The summed E-state index contributed by atoms with van der Waals surface area (Å²) >= 11 is 0. The van der Waals surface area contributed by atoms with Crippen molar-refractivity contribution >= 4 is 15.9 Å². The average molecular weight is 423 g/mol. The number of carbonyl (C=O) groups excluding carboxylic acids is 1. The molecule has 0 radical (unpaired) electrons. The van der Waals surface area contributed by atoms with E-state index < -0.39 is 22.0 Å². The third kappa shape index (κ3) is 5.18. The largest absolute Gasteiger partial charge is 0.497 e. The number of ether oxygens (including phenoxy) is 3. The topological polar surface area (TPSA) is 103 Å². The number of methoxy groups -OCH3 is 3. The smallest absolute Gasteiger partial charge is 0.255 e. The number of amides is 1. The van der Waals surface area contributed by atoms with Crippen molar-refractivity contribution in [3.63, 3.8) is 0 Å². The minimum atomic E-state index is -3.93. The third-order valence-electron chi connectivity index (χ3n) is 4.30. The first-order valence-electron chi connectivity index (χ1n) is 8.97. The number of hydrogen-bond donors (Lipinski definition) is 2. The van der Waals surface area contributed by atoms with Crippen molar-refractivity contribution in [3.8, 4) is 17.2 Å². The van der Waals surface area contributed by atoms with E-state index in [0.29, 0.717) is 23.6 Å². The highest BCUT2D eigenvalue weighted by molar-refractivity contribution is 7.89. The fourth-order valence-electron chi connectivity index (χ4n) is 2.83. The minimum Gasteiger partial charge on any atom is -0.497 e. The van der Waals surface area contributed by atoms with Gasteiger partial charge in [0.05, 0.1) is 31.8 Å². The Hall–Kier alpha value is -2.78. The summed E-state index contributed by atoms with van der Waals surface area (Å²) in [7, 11) is 0.525. The van der Waals surface area contributed by atoms with Gasteiger partial charge in [0, 0.05) is 18.2 Å². The van der Waals surface area contributed by atoms with Crippen LogP contribution < -0.4 is 24.2 Å².